The highest BCUT2D eigenvalue weighted by Crippen LogP contribution is 2.38. The van der Waals surface area contributed by atoms with E-state index in [-0.39, 0.29) is 6.61 Å². The number of furan rings is 1. The van der Waals surface area contributed by atoms with E-state index in [2.05, 4.69) is 44.8 Å². The summed E-state index contributed by atoms with van der Waals surface area (Å²) in [6.07, 6.45) is 3.74. The second kappa shape index (κ2) is 8.79. The molecule has 3 rings (SSSR count). The van der Waals surface area contributed by atoms with Gasteiger partial charge in [0.1, 0.15) is 18.4 Å². The van der Waals surface area contributed by atoms with Gasteiger partial charge in [-0.2, -0.15) is 4.98 Å². The number of ether oxygens (including phenoxy) is 1. The number of hydrogen-bond donors (Lipinski definition) is 1. The van der Waals surface area contributed by atoms with E-state index in [1.807, 2.05) is 13.0 Å². The average Bonchev–Trinajstić information content (AvgIpc) is 3.24. The van der Waals surface area contributed by atoms with Crippen LogP contribution in [0.15, 0.2) is 50.3 Å². The Hall–Kier alpha value is -2.00. The molecule has 0 radical (unpaired) electrons. The molecule has 2 aromatic heterocycles. The summed E-state index contributed by atoms with van der Waals surface area (Å²) in [6.45, 7) is 7.68. The lowest BCUT2D eigenvalue weighted by Crippen LogP contribution is -2.29. The Morgan fingerprint density at radius 2 is 2.37 bits per heavy atom. The highest BCUT2D eigenvalue weighted by atomic mass is 79.9. The summed E-state index contributed by atoms with van der Waals surface area (Å²) in [4.78, 5) is 17.3. The molecule has 0 saturated carbocycles. The number of carbonyl (C=O) groups is 1. The largest absolute Gasteiger partial charge is 0.458 e. The predicted molar refractivity (Wildman–Crippen MR) is 108 cm³/mol. The van der Waals surface area contributed by atoms with E-state index in [1.54, 1.807) is 22.5 Å². The van der Waals surface area contributed by atoms with Crippen molar-refractivity contribution in [3.05, 3.63) is 46.5 Å². The first-order chi connectivity index (χ1) is 13.0. The molecule has 0 spiro atoms. The second-order valence-corrected chi connectivity index (χ2v) is 7.80. The van der Waals surface area contributed by atoms with E-state index in [4.69, 9.17) is 9.15 Å². The average molecular weight is 453 g/mol. The standard InChI is InChI=1S/C18H21BrN4O3S/c1-4-6-10-27-18-21-17-20-11(3)14(16(24)25-9-5-2)15(23(17)22-18)12-7-8-13(19)26-12/h5,7-8,15H,2,4,6,9-10H2,1,3H3,(H,20,21,22). The summed E-state index contributed by atoms with van der Waals surface area (Å²) in [5.74, 6) is 1.64. The maximum atomic E-state index is 12.7. The Labute approximate surface area is 170 Å². The fourth-order valence-electron chi connectivity index (χ4n) is 2.72. The lowest BCUT2D eigenvalue weighted by atomic mass is 10.0. The van der Waals surface area contributed by atoms with Crippen molar-refractivity contribution in [2.24, 2.45) is 0 Å². The molecule has 1 N–H and O–H groups in total. The van der Waals surface area contributed by atoms with Crippen LogP contribution in [0.2, 0.25) is 0 Å². The number of halogens is 1. The number of anilines is 1. The zero-order valence-electron chi connectivity index (χ0n) is 15.2. The highest BCUT2D eigenvalue weighted by molar-refractivity contribution is 9.10. The van der Waals surface area contributed by atoms with Crippen LogP contribution < -0.4 is 5.32 Å². The zero-order chi connectivity index (χ0) is 19.4. The van der Waals surface area contributed by atoms with Gasteiger partial charge in [-0.3, -0.25) is 0 Å². The quantitative estimate of drug-likeness (QED) is 0.272. The Balaban J connectivity index is 1.99. The van der Waals surface area contributed by atoms with Crippen molar-refractivity contribution < 1.29 is 13.9 Å². The third kappa shape index (κ3) is 4.30. The number of esters is 1. The molecule has 0 aromatic carbocycles. The number of aromatic nitrogens is 3. The van der Waals surface area contributed by atoms with Crippen molar-refractivity contribution in [1.82, 2.24) is 14.8 Å². The van der Waals surface area contributed by atoms with Gasteiger partial charge < -0.3 is 14.5 Å². The molecular weight excluding hydrogens is 432 g/mol. The van der Waals surface area contributed by atoms with Crippen molar-refractivity contribution in [2.75, 3.05) is 17.7 Å². The molecular formula is C18H21BrN4O3S. The van der Waals surface area contributed by atoms with Gasteiger partial charge in [-0.1, -0.05) is 37.8 Å². The molecule has 27 heavy (non-hydrogen) atoms. The van der Waals surface area contributed by atoms with Crippen molar-refractivity contribution in [1.29, 1.82) is 0 Å². The van der Waals surface area contributed by atoms with E-state index >= 15 is 0 Å². The normalized spacial score (nSPS) is 16.0. The maximum Gasteiger partial charge on any atom is 0.338 e. The van der Waals surface area contributed by atoms with Crippen LogP contribution in [0.25, 0.3) is 0 Å². The van der Waals surface area contributed by atoms with Gasteiger partial charge in [0.15, 0.2) is 4.67 Å². The summed E-state index contributed by atoms with van der Waals surface area (Å²) in [7, 11) is 0. The van der Waals surface area contributed by atoms with Gasteiger partial charge >= 0.3 is 5.97 Å². The number of nitrogens with zero attached hydrogens (tertiary/aromatic N) is 3. The minimum atomic E-state index is -0.558. The summed E-state index contributed by atoms with van der Waals surface area (Å²) in [6, 6.07) is 3.04. The first-order valence-corrected chi connectivity index (χ1v) is 10.4. The Bertz CT molecular complexity index is 874. The van der Waals surface area contributed by atoms with Crippen molar-refractivity contribution in [3.63, 3.8) is 0 Å². The van der Waals surface area contributed by atoms with Crippen LogP contribution in [0.5, 0.6) is 0 Å². The number of nitrogens with one attached hydrogen (secondary N) is 1. The summed E-state index contributed by atoms with van der Waals surface area (Å²) < 4.78 is 13.3. The monoisotopic (exact) mass is 452 g/mol. The predicted octanol–water partition coefficient (Wildman–Crippen LogP) is 4.54. The number of carbonyl (C=O) groups excluding carboxylic acids is 1. The van der Waals surface area contributed by atoms with Crippen LogP contribution in [-0.4, -0.2) is 33.1 Å². The van der Waals surface area contributed by atoms with E-state index in [0.29, 0.717) is 32.8 Å². The van der Waals surface area contributed by atoms with Gasteiger partial charge in [0.25, 0.3) is 0 Å². The van der Waals surface area contributed by atoms with Gasteiger partial charge in [-0.25, -0.2) is 9.48 Å². The Morgan fingerprint density at radius 1 is 1.56 bits per heavy atom. The molecule has 9 heteroatoms. The molecule has 1 aliphatic heterocycles. The zero-order valence-corrected chi connectivity index (χ0v) is 17.6. The molecule has 0 amide bonds. The highest BCUT2D eigenvalue weighted by Gasteiger charge is 2.37. The molecule has 0 saturated heterocycles. The second-order valence-electron chi connectivity index (χ2n) is 5.96. The SMILES string of the molecule is C=CCOC(=O)C1=C(C)Nc2nc(SCCCC)nn2C1c1ccc(Br)o1. The van der Waals surface area contributed by atoms with Crippen molar-refractivity contribution in [2.45, 2.75) is 37.9 Å². The molecule has 2 aromatic rings. The molecule has 1 unspecified atom stereocenters. The van der Waals surface area contributed by atoms with Crippen LogP contribution in [0, 0.1) is 0 Å². The van der Waals surface area contributed by atoms with E-state index in [0.717, 1.165) is 18.6 Å². The molecule has 3 heterocycles. The van der Waals surface area contributed by atoms with Crippen LogP contribution in [0.4, 0.5) is 5.95 Å². The molecule has 0 fully saturated rings. The van der Waals surface area contributed by atoms with Crippen molar-refractivity contribution in [3.8, 4) is 0 Å². The number of hydrogen-bond acceptors (Lipinski definition) is 7. The molecule has 0 aliphatic carbocycles. The summed E-state index contributed by atoms with van der Waals surface area (Å²) in [5, 5.41) is 8.43. The molecule has 144 valence electrons. The molecule has 1 atom stereocenters. The van der Waals surface area contributed by atoms with Crippen LogP contribution in [0.1, 0.15) is 38.5 Å². The van der Waals surface area contributed by atoms with Crippen LogP contribution >= 0.6 is 27.7 Å². The van der Waals surface area contributed by atoms with E-state index in [1.165, 1.54) is 6.08 Å². The minimum Gasteiger partial charge on any atom is -0.458 e. The van der Waals surface area contributed by atoms with Gasteiger partial charge in [-0.15, -0.1) is 5.10 Å². The van der Waals surface area contributed by atoms with Crippen LogP contribution in [0.3, 0.4) is 0 Å². The smallest absolute Gasteiger partial charge is 0.338 e. The minimum absolute atomic E-state index is 0.131. The molecule has 7 nitrogen and oxygen atoms in total. The Morgan fingerprint density at radius 3 is 3.04 bits per heavy atom. The van der Waals surface area contributed by atoms with Crippen LogP contribution in [-0.2, 0) is 9.53 Å². The van der Waals surface area contributed by atoms with Gasteiger partial charge in [0.2, 0.25) is 11.1 Å². The third-order valence-electron chi connectivity index (χ3n) is 3.98. The number of thioether (sulfide) groups is 1. The first kappa shape index (κ1) is 19.8. The number of rotatable bonds is 8. The number of unbranched alkanes of at least 4 members (excludes halogenated alkanes) is 1. The van der Waals surface area contributed by atoms with Gasteiger partial charge in [0, 0.05) is 11.4 Å². The lowest BCUT2D eigenvalue weighted by molar-refractivity contribution is -0.138. The fraction of sp³-hybridized carbons (Fsp3) is 0.389. The molecule has 1 aliphatic rings. The van der Waals surface area contributed by atoms with E-state index in [9.17, 15) is 4.79 Å². The van der Waals surface area contributed by atoms with Gasteiger partial charge in [-0.05, 0) is 41.4 Å². The summed E-state index contributed by atoms with van der Waals surface area (Å²) >= 11 is 4.92. The van der Waals surface area contributed by atoms with Gasteiger partial charge in [0.05, 0.1) is 5.57 Å². The lowest BCUT2D eigenvalue weighted by Gasteiger charge is -2.26. The fourth-order valence-corrected chi connectivity index (χ4v) is 3.95. The third-order valence-corrected chi connectivity index (χ3v) is 5.33. The topological polar surface area (TPSA) is 82.2 Å². The maximum absolute atomic E-state index is 12.7. The number of fused-ring (bicyclic) bond motifs is 1. The van der Waals surface area contributed by atoms with Crippen molar-refractivity contribution >= 4 is 39.6 Å². The molecule has 0 bridgehead atoms. The van der Waals surface area contributed by atoms with E-state index < -0.39 is 12.0 Å². The first-order valence-electron chi connectivity index (χ1n) is 8.65. The summed E-state index contributed by atoms with van der Waals surface area (Å²) in [5.41, 5.74) is 1.09. The number of allylic oxidation sites excluding steroid dienone is 1. The Kier molecular flexibility index (Phi) is 6.43.